The van der Waals surface area contributed by atoms with Gasteiger partial charge in [-0.05, 0) is 12.8 Å². The van der Waals surface area contributed by atoms with Crippen LogP contribution in [0.4, 0.5) is 5.13 Å². The molecule has 6 nitrogen and oxygen atoms in total. The summed E-state index contributed by atoms with van der Waals surface area (Å²) >= 11 is 1.31. The van der Waals surface area contributed by atoms with Crippen molar-refractivity contribution in [3.8, 4) is 10.6 Å². The number of nitrogens with one attached hydrogen (secondary N) is 2. The van der Waals surface area contributed by atoms with E-state index in [1.54, 1.807) is 6.92 Å². The van der Waals surface area contributed by atoms with Crippen LogP contribution in [0.5, 0.6) is 0 Å². The Bertz CT molecular complexity index is 727. The van der Waals surface area contributed by atoms with E-state index in [1.165, 1.54) is 16.9 Å². The van der Waals surface area contributed by atoms with Gasteiger partial charge < -0.3 is 5.32 Å². The van der Waals surface area contributed by atoms with Crippen molar-refractivity contribution in [1.82, 2.24) is 15.5 Å². The van der Waals surface area contributed by atoms with Crippen molar-refractivity contribution in [3.05, 3.63) is 29.8 Å². The lowest BCUT2D eigenvalue weighted by Crippen LogP contribution is -2.47. The van der Waals surface area contributed by atoms with E-state index in [0.717, 1.165) is 17.0 Å². The molecule has 2 amide bonds. The van der Waals surface area contributed by atoms with Crippen LogP contribution in [0.2, 0.25) is 0 Å². The number of aromatic nitrogens is 2. The van der Waals surface area contributed by atoms with Crippen LogP contribution in [0.1, 0.15) is 39.2 Å². The minimum Gasteiger partial charge on any atom is -0.344 e. The lowest BCUT2D eigenvalue weighted by molar-refractivity contribution is -0.127. The molecule has 0 bridgehead atoms. The van der Waals surface area contributed by atoms with Crippen LogP contribution in [-0.2, 0) is 9.59 Å². The first kappa shape index (κ1) is 19.1. The van der Waals surface area contributed by atoms with Crippen molar-refractivity contribution in [3.63, 3.8) is 0 Å². The Morgan fingerprint density at radius 1 is 1.16 bits per heavy atom. The largest absolute Gasteiger partial charge is 0.344 e. The lowest BCUT2D eigenvalue weighted by atomic mass is 9.98. The normalized spacial score (nSPS) is 13.1. The molecule has 0 spiro atoms. The fourth-order valence-corrected chi connectivity index (χ4v) is 3.00. The highest BCUT2D eigenvalue weighted by Gasteiger charge is 2.26. The summed E-state index contributed by atoms with van der Waals surface area (Å²) in [7, 11) is 0. The number of hydrogen-bond donors (Lipinski definition) is 2. The second-order valence-corrected chi connectivity index (χ2v) is 7.03. The highest BCUT2D eigenvalue weighted by atomic mass is 32.1. The van der Waals surface area contributed by atoms with E-state index in [9.17, 15) is 9.59 Å². The topological polar surface area (TPSA) is 84.0 Å². The molecule has 0 aliphatic heterocycles. The summed E-state index contributed by atoms with van der Waals surface area (Å²) in [5.74, 6) is -0.374. The molecule has 0 aliphatic carbocycles. The Morgan fingerprint density at radius 2 is 1.84 bits per heavy atom. The quantitative estimate of drug-likeness (QED) is 0.793. The van der Waals surface area contributed by atoms with Gasteiger partial charge in [-0.25, -0.2) is 0 Å². The minimum absolute atomic E-state index is 0.0278. The molecule has 2 rings (SSSR count). The number of carbonyl (C=O) groups is 2. The van der Waals surface area contributed by atoms with Gasteiger partial charge in [0.2, 0.25) is 16.9 Å². The van der Waals surface area contributed by atoms with Crippen LogP contribution in [-0.4, -0.2) is 28.1 Å². The number of benzene rings is 1. The van der Waals surface area contributed by atoms with Gasteiger partial charge in [0.15, 0.2) is 0 Å². The summed E-state index contributed by atoms with van der Waals surface area (Å²) in [6.07, 6.45) is 1.13. The number of rotatable bonds is 7. The average molecular weight is 360 g/mol. The second-order valence-electron chi connectivity index (χ2n) is 6.05. The van der Waals surface area contributed by atoms with Crippen molar-refractivity contribution in [2.24, 2.45) is 5.92 Å². The number of aryl methyl sites for hydroxylation is 1. The van der Waals surface area contributed by atoms with Gasteiger partial charge in [-0.15, -0.1) is 10.2 Å². The molecular weight excluding hydrogens is 336 g/mol. The molecule has 2 unspecified atom stereocenters. The highest BCUT2D eigenvalue weighted by Crippen LogP contribution is 2.26. The highest BCUT2D eigenvalue weighted by molar-refractivity contribution is 7.18. The molecule has 0 aliphatic rings. The minimum atomic E-state index is -0.579. The first-order valence-corrected chi connectivity index (χ1v) is 9.27. The zero-order chi connectivity index (χ0) is 18.4. The maximum Gasteiger partial charge on any atom is 0.249 e. The van der Waals surface area contributed by atoms with Crippen LogP contribution in [0.25, 0.3) is 10.6 Å². The van der Waals surface area contributed by atoms with Gasteiger partial charge in [0.05, 0.1) is 0 Å². The summed E-state index contributed by atoms with van der Waals surface area (Å²) in [5.41, 5.74) is 2.13. The van der Waals surface area contributed by atoms with Crippen molar-refractivity contribution in [2.45, 2.75) is 46.6 Å². The van der Waals surface area contributed by atoms with Crippen LogP contribution < -0.4 is 10.6 Å². The monoisotopic (exact) mass is 360 g/mol. The first-order chi connectivity index (χ1) is 11.9. The smallest absolute Gasteiger partial charge is 0.249 e. The zero-order valence-corrected chi connectivity index (χ0v) is 15.8. The summed E-state index contributed by atoms with van der Waals surface area (Å²) in [6, 6.07) is 7.39. The molecule has 7 heteroatoms. The average Bonchev–Trinajstić information content (AvgIpc) is 3.07. The molecule has 2 atom stereocenters. The van der Waals surface area contributed by atoms with Gasteiger partial charge in [-0.2, -0.15) is 0 Å². The van der Waals surface area contributed by atoms with Gasteiger partial charge >= 0.3 is 0 Å². The molecule has 25 heavy (non-hydrogen) atoms. The predicted molar refractivity (Wildman–Crippen MR) is 100 cm³/mol. The third-order valence-electron chi connectivity index (χ3n) is 4.09. The summed E-state index contributed by atoms with van der Waals surface area (Å²) in [6.45, 7) is 7.72. The summed E-state index contributed by atoms with van der Waals surface area (Å²) < 4.78 is 0. The van der Waals surface area contributed by atoms with Gasteiger partial charge in [-0.3, -0.25) is 14.9 Å². The first-order valence-electron chi connectivity index (χ1n) is 8.45. The second kappa shape index (κ2) is 8.71. The molecule has 2 N–H and O–H groups in total. The number of anilines is 1. The summed E-state index contributed by atoms with van der Waals surface area (Å²) in [4.78, 5) is 24.3. The van der Waals surface area contributed by atoms with E-state index in [0.29, 0.717) is 11.6 Å². The van der Waals surface area contributed by atoms with E-state index < -0.39 is 6.04 Å². The van der Waals surface area contributed by atoms with Crippen LogP contribution in [0.3, 0.4) is 0 Å². The van der Waals surface area contributed by atoms with Gasteiger partial charge in [0.1, 0.15) is 11.0 Å². The van der Waals surface area contributed by atoms with E-state index in [-0.39, 0.29) is 17.7 Å². The fraction of sp³-hybridized carbons (Fsp3) is 0.444. The lowest BCUT2D eigenvalue weighted by Gasteiger charge is -2.22. The fourth-order valence-electron chi connectivity index (χ4n) is 2.25. The Morgan fingerprint density at radius 3 is 2.44 bits per heavy atom. The van der Waals surface area contributed by atoms with Gasteiger partial charge in [0, 0.05) is 12.0 Å². The molecule has 134 valence electrons. The molecular formula is C18H24N4O2S. The van der Waals surface area contributed by atoms with Crippen LogP contribution in [0, 0.1) is 12.8 Å². The number of carbonyl (C=O) groups excluding carboxylic acids is 2. The Balaban J connectivity index is 2.10. The van der Waals surface area contributed by atoms with E-state index >= 15 is 0 Å². The van der Waals surface area contributed by atoms with Crippen molar-refractivity contribution < 1.29 is 9.59 Å². The predicted octanol–water partition coefficient (Wildman–Crippen LogP) is 3.39. The van der Waals surface area contributed by atoms with Crippen LogP contribution in [0.15, 0.2) is 24.3 Å². The Labute approximate surface area is 152 Å². The molecule has 0 saturated carbocycles. The van der Waals surface area contributed by atoms with Crippen molar-refractivity contribution >= 4 is 28.3 Å². The SMILES string of the molecule is CCC(=O)NC(C(=O)Nc1nnc(-c2ccc(C)cc2)s1)C(C)CC. The molecule has 1 heterocycles. The van der Waals surface area contributed by atoms with E-state index in [1.807, 2.05) is 45.0 Å². The molecule has 1 aromatic carbocycles. The standard InChI is InChI=1S/C18H24N4O2S/c1-5-12(4)15(19-14(23)6-2)16(24)20-18-22-21-17(25-18)13-9-7-11(3)8-10-13/h7-10,12,15H,5-6H2,1-4H3,(H,19,23)(H,20,22,24). The Hall–Kier alpha value is -2.28. The summed E-state index contributed by atoms with van der Waals surface area (Å²) in [5, 5.41) is 14.9. The molecule has 0 radical (unpaired) electrons. The third kappa shape index (κ3) is 5.09. The van der Waals surface area contributed by atoms with E-state index in [2.05, 4.69) is 20.8 Å². The molecule has 0 saturated heterocycles. The van der Waals surface area contributed by atoms with Crippen molar-refractivity contribution in [2.75, 3.05) is 5.32 Å². The van der Waals surface area contributed by atoms with Gasteiger partial charge in [-0.1, -0.05) is 68.4 Å². The number of nitrogens with zero attached hydrogens (tertiary/aromatic N) is 2. The maximum atomic E-state index is 12.6. The van der Waals surface area contributed by atoms with E-state index in [4.69, 9.17) is 0 Å². The molecule has 0 fully saturated rings. The molecule has 1 aromatic heterocycles. The molecule has 2 aromatic rings. The zero-order valence-electron chi connectivity index (χ0n) is 15.0. The van der Waals surface area contributed by atoms with Crippen LogP contribution >= 0.6 is 11.3 Å². The van der Waals surface area contributed by atoms with Crippen molar-refractivity contribution in [1.29, 1.82) is 0 Å². The Kier molecular flexibility index (Phi) is 6.64. The number of amides is 2. The maximum absolute atomic E-state index is 12.6. The van der Waals surface area contributed by atoms with Gasteiger partial charge in [0.25, 0.3) is 0 Å². The number of hydrogen-bond acceptors (Lipinski definition) is 5. The third-order valence-corrected chi connectivity index (χ3v) is 4.97.